The molecule has 1 saturated carbocycles. The fourth-order valence-corrected chi connectivity index (χ4v) is 3.67. The number of imidazole rings is 1. The molecule has 0 spiro atoms. The first-order valence-corrected chi connectivity index (χ1v) is 7.85. The van der Waals surface area contributed by atoms with E-state index in [0.717, 1.165) is 25.6 Å². The van der Waals surface area contributed by atoms with E-state index < -0.39 is 0 Å². The van der Waals surface area contributed by atoms with Crippen LogP contribution in [0.3, 0.4) is 0 Å². The van der Waals surface area contributed by atoms with Crippen LogP contribution in [-0.2, 0) is 13.1 Å². The van der Waals surface area contributed by atoms with Crippen molar-refractivity contribution in [3.8, 4) is 0 Å². The van der Waals surface area contributed by atoms with Gasteiger partial charge in [0.25, 0.3) is 0 Å². The minimum absolute atomic E-state index is 0.524. The highest BCUT2D eigenvalue weighted by Gasteiger charge is 2.35. The van der Waals surface area contributed by atoms with Gasteiger partial charge in [-0.2, -0.15) is 0 Å². The third-order valence-electron chi connectivity index (χ3n) is 4.37. The van der Waals surface area contributed by atoms with Crippen molar-refractivity contribution in [2.24, 2.45) is 11.3 Å². The monoisotopic (exact) mass is 263 g/mol. The van der Waals surface area contributed by atoms with Crippen LogP contribution in [0.5, 0.6) is 0 Å². The maximum Gasteiger partial charge on any atom is 0.0948 e. The van der Waals surface area contributed by atoms with Gasteiger partial charge in [-0.15, -0.1) is 0 Å². The van der Waals surface area contributed by atoms with Crippen LogP contribution in [0.25, 0.3) is 0 Å². The largest absolute Gasteiger partial charge is 0.333 e. The lowest BCUT2D eigenvalue weighted by molar-refractivity contribution is 0.195. The van der Waals surface area contributed by atoms with Crippen molar-refractivity contribution in [3.63, 3.8) is 0 Å². The van der Waals surface area contributed by atoms with Crippen molar-refractivity contribution in [2.45, 2.75) is 66.0 Å². The van der Waals surface area contributed by atoms with Gasteiger partial charge in [-0.05, 0) is 37.1 Å². The molecule has 1 fully saturated rings. The Labute approximate surface area is 117 Å². The lowest BCUT2D eigenvalue weighted by Crippen LogP contribution is -2.27. The van der Waals surface area contributed by atoms with Crippen LogP contribution in [0, 0.1) is 11.3 Å². The van der Waals surface area contributed by atoms with Crippen LogP contribution in [0.2, 0.25) is 0 Å². The number of rotatable bonds is 7. The molecule has 1 aliphatic rings. The van der Waals surface area contributed by atoms with Gasteiger partial charge >= 0.3 is 0 Å². The van der Waals surface area contributed by atoms with Crippen molar-refractivity contribution >= 4 is 0 Å². The van der Waals surface area contributed by atoms with E-state index in [1.54, 1.807) is 0 Å². The Morgan fingerprint density at radius 1 is 1.37 bits per heavy atom. The molecular weight excluding hydrogens is 234 g/mol. The zero-order valence-corrected chi connectivity index (χ0v) is 12.8. The topological polar surface area (TPSA) is 29.9 Å². The highest BCUT2D eigenvalue weighted by Crippen LogP contribution is 2.44. The lowest BCUT2D eigenvalue weighted by atomic mass is 9.78. The molecule has 0 aromatic carbocycles. The van der Waals surface area contributed by atoms with Gasteiger partial charge in [-0.25, -0.2) is 4.98 Å². The first kappa shape index (κ1) is 14.6. The summed E-state index contributed by atoms with van der Waals surface area (Å²) in [6.45, 7) is 9.97. The predicted octanol–water partition coefficient (Wildman–Crippen LogP) is 3.60. The molecule has 1 N–H and O–H groups in total. The molecule has 1 aromatic heterocycles. The van der Waals surface area contributed by atoms with Crippen LogP contribution < -0.4 is 5.32 Å². The molecule has 2 rings (SSSR count). The van der Waals surface area contributed by atoms with Gasteiger partial charge in [-0.3, -0.25) is 0 Å². The summed E-state index contributed by atoms with van der Waals surface area (Å²) in [5.41, 5.74) is 1.85. The van der Waals surface area contributed by atoms with Crippen molar-refractivity contribution in [1.82, 2.24) is 14.9 Å². The molecule has 0 saturated heterocycles. The Morgan fingerprint density at radius 2 is 2.11 bits per heavy atom. The minimum Gasteiger partial charge on any atom is -0.333 e. The second-order valence-corrected chi connectivity index (χ2v) is 6.60. The second-order valence-electron chi connectivity index (χ2n) is 6.60. The highest BCUT2D eigenvalue weighted by molar-refractivity contribution is 5.00. The Balaban J connectivity index is 2.06. The van der Waals surface area contributed by atoms with E-state index in [4.69, 9.17) is 0 Å². The van der Waals surface area contributed by atoms with Crippen molar-refractivity contribution in [1.29, 1.82) is 0 Å². The molecule has 0 amide bonds. The number of hydrogen-bond donors (Lipinski definition) is 1. The molecule has 108 valence electrons. The standard InChI is InChI=1S/C16H29N3/c1-4-17-10-15-11-18-13-19(15)12-16(9-14(2)3)7-5-6-8-16/h11,13-14,17H,4-10,12H2,1-3H3. The molecule has 0 bridgehead atoms. The SMILES string of the molecule is CCNCc1cncn1CC1(CC(C)C)CCCC1. The summed E-state index contributed by atoms with van der Waals surface area (Å²) in [4.78, 5) is 4.35. The van der Waals surface area contributed by atoms with Gasteiger partial charge in [0.05, 0.1) is 12.0 Å². The molecular formula is C16H29N3. The Kier molecular flexibility index (Phi) is 5.03. The average Bonchev–Trinajstić information content (AvgIpc) is 2.96. The van der Waals surface area contributed by atoms with Crippen LogP contribution in [0.1, 0.15) is 58.6 Å². The first-order chi connectivity index (χ1) is 9.15. The van der Waals surface area contributed by atoms with Crippen LogP contribution >= 0.6 is 0 Å². The van der Waals surface area contributed by atoms with Gasteiger partial charge in [0, 0.05) is 19.3 Å². The summed E-state index contributed by atoms with van der Waals surface area (Å²) in [5, 5.41) is 3.41. The normalized spacial score (nSPS) is 18.3. The summed E-state index contributed by atoms with van der Waals surface area (Å²) in [7, 11) is 0. The Hall–Kier alpha value is -0.830. The zero-order valence-electron chi connectivity index (χ0n) is 12.8. The fourth-order valence-electron chi connectivity index (χ4n) is 3.67. The molecule has 0 aliphatic heterocycles. The highest BCUT2D eigenvalue weighted by atomic mass is 15.1. The molecule has 3 nitrogen and oxygen atoms in total. The maximum absolute atomic E-state index is 4.35. The summed E-state index contributed by atoms with van der Waals surface area (Å²) >= 11 is 0. The molecule has 19 heavy (non-hydrogen) atoms. The zero-order chi connectivity index (χ0) is 13.7. The van der Waals surface area contributed by atoms with Gasteiger partial charge in [0.2, 0.25) is 0 Å². The molecule has 0 atom stereocenters. The molecule has 0 radical (unpaired) electrons. The van der Waals surface area contributed by atoms with E-state index in [2.05, 4.69) is 35.6 Å². The van der Waals surface area contributed by atoms with Crippen LogP contribution in [-0.4, -0.2) is 16.1 Å². The quantitative estimate of drug-likeness (QED) is 0.814. The van der Waals surface area contributed by atoms with Gasteiger partial charge in [0.1, 0.15) is 0 Å². The number of aromatic nitrogens is 2. The summed E-state index contributed by atoms with van der Waals surface area (Å²) in [5.74, 6) is 0.791. The average molecular weight is 263 g/mol. The molecule has 1 aliphatic carbocycles. The lowest BCUT2D eigenvalue weighted by Gasteiger charge is -2.32. The predicted molar refractivity (Wildman–Crippen MR) is 80.0 cm³/mol. The maximum atomic E-state index is 4.35. The van der Waals surface area contributed by atoms with Gasteiger partial charge < -0.3 is 9.88 Å². The molecule has 1 heterocycles. The van der Waals surface area contributed by atoms with E-state index in [0.29, 0.717) is 5.41 Å². The van der Waals surface area contributed by atoms with Crippen molar-refractivity contribution in [3.05, 3.63) is 18.2 Å². The molecule has 0 unspecified atom stereocenters. The molecule has 1 aromatic rings. The van der Waals surface area contributed by atoms with Crippen LogP contribution in [0.15, 0.2) is 12.5 Å². The third kappa shape index (κ3) is 3.82. The Bertz CT molecular complexity index is 375. The number of nitrogens with one attached hydrogen (secondary N) is 1. The Morgan fingerprint density at radius 3 is 2.74 bits per heavy atom. The minimum atomic E-state index is 0.524. The smallest absolute Gasteiger partial charge is 0.0948 e. The third-order valence-corrected chi connectivity index (χ3v) is 4.37. The van der Waals surface area contributed by atoms with E-state index >= 15 is 0 Å². The van der Waals surface area contributed by atoms with Crippen molar-refractivity contribution in [2.75, 3.05) is 6.54 Å². The summed E-state index contributed by atoms with van der Waals surface area (Å²) < 4.78 is 2.39. The van der Waals surface area contributed by atoms with E-state index in [1.807, 2.05) is 12.5 Å². The first-order valence-electron chi connectivity index (χ1n) is 7.85. The van der Waals surface area contributed by atoms with E-state index in [-0.39, 0.29) is 0 Å². The molecule has 3 heteroatoms. The van der Waals surface area contributed by atoms with Crippen molar-refractivity contribution < 1.29 is 0 Å². The van der Waals surface area contributed by atoms with E-state index in [9.17, 15) is 0 Å². The van der Waals surface area contributed by atoms with Gasteiger partial charge in [-0.1, -0.05) is 33.6 Å². The number of nitrogens with zero attached hydrogens (tertiary/aromatic N) is 2. The summed E-state index contributed by atoms with van der Waals surface area (Å²) in [6, 6.07) is 0. The second kappa shape index (κ2) is 6.56. The van der Waals surface area contributed by atoms with Crippen LogP contribution in [0.4, 0.5) is 0 Å². The van der Waals surface area contributed by atoms with Gasteiger partial charge in [0.15, 0.2) is 0 Å². The van der Waals surface area contributed by atoms with E-state index in [1.165, 1.54) is 37.8 Å². The summed E-state index contributed by atoms with van der Waals surface area (Å²) in [6.07, 6.45) is 11.0. The fraction of sp³-hybridized carbons (Fsp3) is 0.812. The number of hydrogen-bond acceptors (Lipinski definition) is 2.